The van der Waals surface area contributed by atoms with Crippen LogP contribution in [0.5, 0.6) is 0 Å². The molecule has 3 aliphatic rings. The van der Waals surface area contributed by atoms with Crippen LogP contribution < -0.4 is 5.32 Å². The third-order valence-corrected chi connectivity index (χ3v) is 7.13. The molecule has 0 unspecified atom stereocenters. The van der Waals surface area contributed by atoms with Crippen LogP contribution in [0.1, 0.15) is 48.0 Å². The predicted molar refractivity (Wildman–Crippen MR) is 119 cm³/mol. The van der Waals surface area contributed by atoms with Crippen LogP contribution >= 0.6 is 0 Å². The molecule has 0 radical (unpaired) electrons. The van der Waals surface area contributed by atoms with Gasteiger partial charge in [0, 0.05) is 45.8 Å². The zero-order valence-corrected chi connectivity index (χ0v) is 18.7. The quantitative estimate of drug-likeness (QED) is 0.796. The van der Waals surface area contributed by atoms with Gasteiger partial charge in [0.05, 0.1) is 18.0 Å². The van der Waals surface area contributed by atoms with Crippen LogP contribution in [0.4, 0.5) is 0 Å². The number of rotatable bonds is 3. The van der Waals surface area contributed by atoms with Gasteiger partial charge in [-0.25, -0.2) is 0 Å². The van der Waals surface area contributed by atoms with Gasteiger partial charge in [-0.1, -0.05) is 31.0 Å². The summed E-state index contributed by atoms with van der Waals surface area (Å²) in [5.41, 5.74) is 1.05. The minimum absolute atomic E-state index is 0.0102. The van der Waals surface area contributed by atoms with Crippen molar-refractivity contribution in [1.82, 2.24) is 20.0 Å². The number of amides is 3. The lowest BCUT2D eigenvalue weighted by molar-refractivity contribution is -0.135. The fraction of sp³-hybridized carbons (Fsp3) is 0.625. The molecule has 7 nitrogen and oxygen atoms in total. The molecule has 1 spiro atoms. The minimum Gasteiger partial charge on any atom is -0.348 e. The summed E-state index contributed by atoms with van der Waals surface area (Å²) in [6.45, 7) is 2.97. The second-order valence-electron chi connectivity index (χ2n) is 9.52. The van der Waals surface area contributed by atoms with Crippen molar-refractivity contribution in [3.8, 4) is 0 Å². The fourth-order valence-corrected chi connectivity index (χ4v) is 5.42. The average molecular weight is 427 g/mol. The molecule has 4 rings (SSSR count). The molecular formula is C24H34N4O3. The van der Waals surface area contributed by atoms with Gasteiger partial charge in [0.25, 0.3) is 5.91 Å². The molecule has 1 aromatic carbocycles. The van der Waals surface area contributed by atoms with E-state index in [1.165, 1.54) is 12.8 Å². The first-order valence-corrected chi connectivity index (χ1v) is 11.5. The maximum Gasteiger partial charge on any atom is 0.252 e. The summed E-state index contributed by atoms with van der Waals surface area (Å²) < 4.78 is 0. The molecule has 168 valence electrons. The number of benzene rings is 1. The van der Waals surface area contributed by atoms with Crippen LogP contribution in [-0.4, -0.2) is 84.8 Å². The third-order valence-electron chi connectivity index (χ3n) is 7.13. The number of aryl methyl sites for hydroxylation is 1. The maximum absolute atomic E-state index is 13.1. The van der Waals surface area contributed by atoms with Gasteiger partial charge in [-0.05, 0) is 37.3 Å². The Kier molecular flexibility index (Phi) is 6.32. The molecule has 0 aliphatic carbocycles. The molecule has 2 atom stereocenters. The molecule has 0 aromatic heterocycles. The number of carbonyl (C=O) groups is 3. The molecule has 3 heterocycles. The van der Waals surface area contributed by atoms with E-state index >= 15 is 0 Å². The molecule has 3 aliphatic heterocycles. The summed E-state index contributed by atoms with van der Waals surface area (Å²) in [6.07, 6.45) is 5.91. The molecule has 2 saturated heterocycles. The van der Waals surface area contributed by atoms with Crippen molar-refractivity contribution in [1.29, 1.82) is 0 Å². The Morgan fingerprint density at radius 2 is 1.84 bits per heavy atom. The van der Waals surface area contributed by atoms with Crippen LogP contribution in [0.15, 0.2) is 24.3 Å². The molecular weight excluding hydrogens is 392 g/mol. The van der Waals surface area contributed by atoms with Crippen molar-refractivity contribution in [2.75, 3.05) is 46.8 Å². The summed E-state index contributed by atoms with van der Waals surface area (Å²) in [5.74, 6) is -0.336. The van der Waals surface area contributed by atoms with E-state index < -0.39 is 5.54 Å². The lowest BCUT2D eigenvalue weighted by atomic mass is 9.81. The van der Waals surface area contributed by atoms with E-state index in [0.29, 0.717) is 31.6 Å². The highest BCUT2D eigenvalue weighted by atomic mass is 16.2. The normalized spacial score (nSPS) is 26.7. The lowest BCUT2D eigenvalue weighted by Crippen LogP contribution is -2.57. The Balaban J connectivity index is 1.55. The first-order chi connectivity index (χ1) is 14.9. The SMILES string of the molecule is CN(C)C(=O)[C@H]1CN(CC(=O)N2CCCCCC2)C[C@@]12CCc1ccccc1C(=O)N2. The number of hydrogen-bond acceptors (Lipinski definition) is 4. The zero-order chi connectivity index (χ0) is 22.0. The topological polar surface area (TPSA) is 73.0 Å². The van der Waals surface area contributed by atoms with Crippen LogP contribution in [-0.2, 0) is 16.0 Å². The number of hydrogen-bond donors (Lipinski definition) is 1. The molecule has 1 aromatic rings. The van der Waals surface area contributed by atoms with E-state index in [0.717, 1.165) is 37.9 Å². The van der Waals surface area contributed by atoms with Crippen LogP contribution in [0, 0.1) is 5.92 Å². The van der Waals surface area contributed by atoms with Gasteiger partial charge in [-0.15, -0.1) is 0 Å². The minimum atomic E-state index is -0.656. The highest BCUT2D eigenvalue weighted by Crippen LogP contribution is 2.36. The monoisotopic (exact) mass is 426 g/mol. The molecule has 0 bridgehead atoms. The van der Waals surface area contributed by atoms with Gasteiger partial charge in [0.2, 0.25) is 11.8 Å². The van der Waals surface area contributed by atoms with Gasteiger partial charge in [0.1, 0.15) is 0 Å². The molecule has 0 saturated carbocycles. The van der Waals surface area contributed by atoms with E-state index in [4.69, 9.17) is 0 Å². The van der Waals surface area contributed by atoms with Crippen LogP contribution in [0.3, 0.4) is 0 Å². The smallest absolute Gasteiger partial charge is 0.252 e. The van der Waals surface area contributed by atoms with Gasteiger partial charge < -0.3 is 15.1 Å². The Bertz CT molecular complexity index is 847. The van der Waals surface area contributed by atoms with E-state index in [-0.39, 0.29) is 23.6 Å². The van der Waals surface area contributed by atoms with Crippen molar-refractivity contribution in [3.63, 3.8) is 0 Å². The number of nitrogens with zero attached hydrogens (tertiary/aromatic N) is 3. The second kappa shape index (κ2) is 8.99. The van der Waals surface area contributed by atoms with E-state index in [9.17, 15) is 14.4 Å². The van der Waals surface area contributed by atoms with Gasteiger partial charge in [-0.3, -0.25) is 19.3 Å². The largest absolute Gasteiger partial charge is 0.348 e. The fourth-order valence-electron chi connectivity index (χ4n) is 5.42. The van der Waals surface area contributed by atoms with Crippen molar-refractivity contribution in [2.45, 2.75) is 44.1 Å². The lowest BCUT2D eigenvalue weighted by Gasteiger charge is -2.35. The summed E-state index contributed by atoms with van der Waals surface area (Å²) in [5, 5.41) is 3.24. The average Bonchev–Trinajstić information content (AvgIpc) is 2.91. The standard InChI is InChI=1S/C24H34N4O3/c1-26(2)23(31)20-15-27(16-21(29)28-13-7-3-4-8-14-28)17-24(20)12-11-18-9-5-6-10-19(18)22(30)25-24/h5-6,9-10,20H,3-4,7-8,11-17H2,1-2H3,(H,25,30)/t20-,24+/m1/s1. The van der Waals surface area contributed by atoms with Crippen molar-refractivity contribution in [3.05, 3.63) is 35.4 Å². The van der Waals surface area contributed by atoms with Crippen LogP contribution in [0.2, 0.25) is 0 Å². The summed E-state index contributed by atoms with van der Waals surface area (Å²) >= 11 is 0. The number of likely N-dealkylation sites (tertiary alicyclic amines) is 2. The van der Waals surface area contributed by atoms with Gasteiger partial charge in [0.15, 0.2) is 0 Å². The second-order valence-corrected chi connectivity index (χ2v) is 9.52. The van der Waals surface area contributed by atoms with Crippen molar-refractivity contribution < 1.29 is 14.4 Å². The molecule has 1 N–H and O–H groups in total. The zero-order valence-electron chi connectivity index (χ0n) is 18.7. The van der Waals surface area contributed by atoms with Gasteiger partial charge in [-0.2, -0.15) is 0 Å². The highest BCUT2D eigenvalue weighted by molar-refractivity contribution is 5.97. The van der Waals surface area contributed by atoms with Gasteiger partial charge >= 0.3 is 0 Å². The summed E-state index contributed by atoms with van der Waals surface area (Å²) in [6, 6.07) is 7.67. The first kappa shape index (κ1) is 21.8. The summed E-state index contributed by atoms with van der Waals surface area (Å²) in [4.78, 5) is 44.9. The Hall–Kier alpha value is -2.41. The number of nitrogens with one attached hydrogen (secondary N) is 1. The Morgan fingerprint density at radius 3 is 2.55 bits per heavy atom. The molecule has 31 heavy (non-hydrogen) atoms. The maximum atomic E-state index is 13.1. The third kappa shape index (κ3) is 4.47. The van der Waals surface area contributed by atoms with Crippen molar-refractivity contribution in [2.24, 2.45) is 5.92 Å². The van der Waals surface area contributed by atoms with E-state index in [1.54, 1.807) is 19.0 Å². The number of carbonyl (C=O) groups excluding carboxylic acids is 3. The van der Waals surface area contributed by atoms with Crippen molar-refractivity contribution >= 4 is 17.7 Å². The first-order valence-electron chi connectivity index (χ1n) is 11.5. The predicted octanol–water partition coefficient (Wildman–Crippen LogP) is 1.52. The molecule has 3 amide bonds. The van der Waals surface area contributed by atoms with E-state index in [2.05, 4.69) is 10.2 Å². The summed E-state index contributed by atoms with van der Waals surface area (Å²) in [7, 11) is 3.52. The number of fused-ring (bicyclic) bond motifs is 1. The van der Waals surface area contributed by atoms with Crippen LogP contribution in [0.25, 0.3) is 0 Å². The Morgan fingerprint density at radius 1 is 1.13 bits per heavy atom. The highest BCUT2D eigenvalue weighted by Gasteiger charge is 2.52. The molecule has 2 fully saturated rings. The molecule has 7 heteroatoms. The Labute approximate surface area is 184 Å². The van der Waals surface area contributed by atoms with E-state index in [1.807, 2.05) is 29.2 Å².